The summed E-state index contributed by atoms with van der Waals surface area (Å²) in [5, 5.41) is 11.2. The Morgan fingerprint density at radius 1 is 1.19 bits per heavy atom. The number of unbranched alkanes of at least 4 members (excludes halogenated alkanes) is 3. The third-order valence-corrected chi connectivity index (χ3v) is 7.17. The lowest BCUT2D eigenvalue weighted by Crippen LogP contribution is -2.29. The molecule has 0 aromatic heterocycles. The van der Waals surface area contributed by atoms with Crippen molar-refractivity contribution in [1.82, 2.24) is 0 Å². The number of phenolic OH excluding ortho intramolecular Hbond substituents is 1. The summed E-state index contributed by atoms with van der Waals surface area (Å²) in [4.78, 5) is 12.3. The number of phenols is 1. The van der Waals surface area contributed by atoms with Crippen LogP contribution in [0.5, 0.6) is 11.5 Å². The summed E-state index contributed by atoms with van der Waals surface area (Å²) in [7, 11) is 3.10. The normalized spacial score (nSPS) is 21.5. The molecular weight excluding hydrogens is 388 g/mol. The van der Waals surface area contributed by atoms with Crippen LogP contribution in [-0.4, -0.2) is 25.3 Å². The molecule has 2 rings (SSSR count). The van der Waals surface area contributed by atoms with E-state index in [1.807, 2.05) is 13.0 Å². The molecular formula is C27H42O4. The first-order chi connectivity index (χ1) is 14.7. The maximum Gasteiger partial charge on any atom is 0.308 e. The Morgan fingerprint density at radius 3 is 2.48 bits per heavy atom. The van der Waals surface area contributed by atoms with E-state index in [9.17, 15) is 9.90 Å². The molecule has 3 atom stereocenters. The number of aromatic hydroxyl groups is 1. The number of ether oxygens (including phenoxy) is 2. The Bertz CT molecular complexity index is 765. The molecule has 0 unspecified atom stereocenters. The van der Waals surface area contributed by atoms with E-state index in [1.165, 1.54) is 32.8 Å². The van der Waals surface area contributed by atoms with Gasteiger partial charge in [0.25, 0.3) is 0 Å². The van der Waals surface area contributed by atoms with Crippen molar-refractivity contribution in [2.45, 2.75) is 90.4 Å². The lowest BCUT2D eigenvalue weighted by Gasteiger charge is -2.37. The summed E-state index contributed by atoms with van der Waals surface area (Å²) in [5.74, 6) is 0.814. The fourth-order valence-corrected chi connectivity index (χ4v) is 5.14. The first-order valence-corrected chi connectivity index (χ1v) is 11.8. The number of carbonyl (C=O) groups excluding carboxylic acids is 1. The van der Waals surface area contributed by atoms with E-state index in [2.05, 4.69) is 33.4 Å². The van der Waals surface area contributed by atoms with Gasteiger partial charge in [0.05, 0.1) is 20.1 Å². The number of allylic oxidation sites excluding steroid dienone is 1. The maximum absolute atomic E-state index is 12.3. The van der Waals surface area contributed by atoms with Crippen LogP contribution in [0, 0.1) is 11.8 Å². The fraction of sp³-hybridized carbons (Fsp3) is 0.667. The van der Waals surface area contributed by atoms with Gasteiger partial charge in [0, 0.05) is 5.56 Å². The van der Waals surface area contributed by atoms with Crippen LogP contribution in [0.4, 0.5) is 0 Å². The van der Waals surface area contributed by atoms with E-state index in [0.29, 0.717) is 12.2 Å². The van der Waals surface area contributed by atoms with E-state index >= 15 is 0 Å². The number of rotatable bonds is 10. The minimum absolute atomic E-state index is 0.0213. The first-order valence-electron chi connectivity index (χ1n) is 11.8. The van der Waals surface area contributed by atoms with Gasteiger partial charge in [-0.25, -0.2) is 0 Å². The zero-order valence-corrected chi connectivity index (χ0v) is 20.4. The highest BCUT2D eigenvalue weighted by atomic mass is 16.5. The SMILES string of the molecule is C=C(C)[C@@H]1CC[C@@H](C(=O)OC)C[C@H]1c1c(O)cc(C(C)(C)CCCCCC)cc1OC. The molecule has 0 bridgehead atoms. The zero-order valence-electron chi connectivity index (χ0n) is 20.4. The average molecular weight is 431 g/mol. The van der Waals surface area contributed by atoms with E-state index in [1.54, 1.807) is 7.11 Å². The Balaban J connectivity index is 2.40. The number of hydrogen-bond acceptors (Lipinski definition) is 4. The Hall–Kier alpha value is -1.97. The Morgan fingerprint density at radius 2 is 1.90 bits per heavy atom. The number of hydrogen-bond donors (Lipinski definition) is 1. The molecule has 0 saturated heterocycles. The molecule has 1 fully saturated rings. The highest BCUT2D eigenvalue weighted by molar-refractivity contribution is 5.72. The fourth-order valence-electron chi connectivity index (χ4n) is 5.14. The largest absolute Gasteiger partial charge is 0.508 e. The molecule has 1 aromatic rings. The number of methoxy groups -OCH3 is 2. The van der Waals surface area contributed by atoms with Crippen LogP contribution < -0.4 is 4.74 Å². The Kier molecular flexibility index (Phi) is 9.02. The molecule has 1 aromatic carbocycles. The van der Waals surface area contributed by atoms with E-state index in [4.69, 9.17) is 9.47 Å². The first kappa shape index (κ1) is 25.3. The lowest BCUT2D eigenvalue weighted by molar-refractivity contribution is -0.147. The van der Waals surface area contributed by atoms with Gasteiger partial charge in [-0.15, -0.1) is 0 Å². The van der Waals surface area contributed by atoms with Gasteiger partial charge in [0.1, 0.15) is 11.5 Å². The third kappa shape index (κ3) is 6.05. The number of carbonyl (C=O) groups is 1. The molecule has 1 aliphatic rings. The van der Waals surface area contributed by atoms with Crippen molar-refractivity contribution >= 4 is 5.97 Å². The van der Waals surface area contributed by atoms with Crippen LogP contribution in [0.2, 0.25) is 0 Å². The zero-order chi connectivity index (χ0) is 23.2. The summed E-state index contributed by atoms with van der Waals surface area (Å²) >= 11 is 0. The van der Waals surface area contributed by atoms with Gasteiger partial charge in [-0.05, 0) is 67.6 Å². The minimum atomic E-state index is -0.173. The summed E-state index contributed by atoms with van der Waals surface area (Å²) in [6, 6.07) is 4.00. The number of esters is 1. The highest BCUT2D eigenvalue weighted by Crippen LogP contribution is 2.50. The van der Waals surface area contributed by atoms with Crippen molar-refractivity contribution < 1.29 is 19.4 Å². The molecule has 0 radical (unpaired) electrons. The molecule has 1 saturated carbocycles. The van der Waals surface area contributed by atoms with Crippen molar-refractivity contribution in [2.75, 3.05) is 14.2 Å². The predicted octanol–water partition coefficient (Wildman–Crippen LogP) is 6.90. The van der Waals surface area contributed by atoms with E-state index in [-0.39, 0.29) is 34.9 Å². The molecule has 4 heteroatoms. The van der Waals surface area contributed by atoms with Gasteiger partial charge in [-0.1, -0.05) is 58.6 Å². The molecule has 1 N–H and O–H groups in total. The van der Waals surface area contributed by atoms with Crippen LogP contribution >= 0.6 is 0 Å². The highest BCUT2D eigenvalue weighted by Gasteiger charge is 2.38. The second-order valence-electron chi connectivity index (χ2n) is 9.90. The maximum atomic E-state index is 12.3. The quantitative estimate of drug-likeness (QED) is 0.249. The van der Waals surface area contributed by atoms with Crippen LogP contribution in [0.1, 0.15) is 96.1 Å². The molecule has 1 aliphatic carbocycles. The topological polar surface area (TPSA) is 55.8 Å². The number of benzene rings is 1. The summed E-state index contributed by atoms with van der Waals surface area (Å²) < 4.78 is 10.8. The van der Waals surface area contributed by atoms with Crippen LogP contribution in [0.3, 0.4) is 0 Å². The molecule has 0 spiro atoms. The van der Waals surface area contributed by atoms with Crippen molar-refractivity contribution in [3.8, 4) is 11.5 Å². The van der Waals surface area contributed by atoms with E-state index < -0.39 is 0 Å². The van der Waals surface area contributed by atoms with Crippen LogP contribution in [-0.2, 0) is 14.9 Å². The summed E-state index contributed by atoms with van der Waals surface area (Å²) in [5.41, 5.74) is 2.92. The van der Waals surface area contributed by atoms with Gasteiger partial charge < -0.3 is 14.6 Å². The minimum Gasteiger partial charge on any atom is -0.508 e. The van der Waals surface area contributed by atoms with Gasteiger partial charge in [0.15, 0.2) is 0 Å². The molecule has 0 amide bonds. The molecule has 0 heterocycles. The van der Waals surface area contributed by atoms with Gasteiger partial charge in [-0.3, -0.25) is 4.79 Å². The van der Waals surface area contributed by atoms with Crippen LogP contribution in [0.15, 0.2) is 24.3 Å². The molecule has 0 aliphatic heterocycles. The smallest absolute Gasteiger partial charge is 0.308 e. The monoisotopic (exact) mass is 430 g/mol. The van der Waals surface area contributed by atoms with Crippen molar-refractivity contribution in [1.29, 1.82) is 0 Å². The standard InChI is InChI=1S/C27H42O4/c1-8-9-10-11-14-27(4,5)20-16-23(28)25(24(17-20)30-6)22-15-19(26(29)31-7)12-13-21(22)18(2)3/h16-17,19,21-22,28H,2,8-15H2,1,3-7H3/t19-,21+,22-/m1/s1. The van der Waals surface area contributed by atoms with E-state index in [0.717, 1.165) is 36.0 Å². The molecule has 4 nitrogen and oxygen atoms in total. The predicted molar refractivity (Wildman–Crippen MR) is 127 cm³/mol. The van der Waals surface area contributed by atoms with Gasteiger partial charge >= 0.3 is 5.97 Å². The van der Waals surface area contributed by atoms with Gasteiger partial charge in [-0.2, -0.15) is 0 Å². The second kappa shape index (κ2) is 11.1. The summed E-state index contributed by atoms with van der Waals surface area (Å²) in [6.07, 6.45) is 8.23. The third-order valence-electron chi connectivity index (χ3n) is 7.17. The lowest BCUT2D eigenvalue weighted by atomic mass is 9.68. The molecule has 174 valence electrons. The average Bonchev–Trinajstić information content (AvgIpc) is 2.75. The van der Waals surface area contributed by atoms with Crippen molar-refractivity contribution in [3.63, 3.8) is 0 Å². The second-order valence-corrected chi connectivity index (χ2v) is 9.90. The van der Waals surface area contributed by atoms with Crippen LogP contribution in [0.25, 0.3) is 0 Å². The molecule has 31 heavy (non-hydrogen) atoms. The van der Waals surface area contributed by atoms with Gasteiger partial charge in [0.2, 0.25) is 0 Å². The Labute approximate surface area is 189 Å². The van der Waals surface area contributed by atoms with Crippen molar-refractivity contribution in [2.24, 2.45) is 11.8 Å². The summed E-state index contributed by atoms with van der Waals surface area (Å²) in [6.45, 7) is 12.9. The van der Waals surface area contributed by atoms with Crippen molar-refractivity contribution in [3.05, 3.63) is 35.4 Å².